The molecule has 26 heavy (non-hydrogen) atoms. The Morgan fingerprint density at radius 3 is 2.58 bits per heavy atom. The summed E-state index contributed by atoms with van der Waals surface area (Å²) >= 11 is 0. The third-order valence-electron chi connectivity index (χ3n) is 6.08. The second-order valence-electron chi connectivity index (χ2n) is 7.80. The summed E-state index contributed by atoms with van der Waals surface area (Å²) < 4.78 is 1.78. The predicted octanol–water partition coefficient (Wildman–Crippen LogP) is 2.95. The molecule has 2 aromatic rings. The first-order valence-electron chi connectivity index (χ1n) is 10.2. The van der Waals surface area contributed by atoms with Crippen LogP contribution in [0.4, 0.5) is 0 Å². The van der Waals surface area contributed by atoms with E-state index >= 15 is 0 Å². The first-order chi connectivity index (χ1) is 12.7. The van der Waals surface area contributed by atoms with Gasteiger partial charge in [0.15, 0.2) is 0 Å². The van der Waals surface area contributed by atoms with Crippen LogP contribution in [-0.4, -0.2) is 52.1 Å². The van der Waals surface area contributed by atoms with Gasteiger partial charge in [-0.25, -0.2) is 4.98 Å². The summed E-state index contributed by atoms with van der Waals surface area (Å²) in [7, 11) is 1.88. The maximum atomic E-state index is 12.8. The average Bonchev–Trinajstić information content (AvgIpc) is 2.97. The zero-order chi connectivity index (χ0) is 17.9. The Kier molecular flexibility index (Phi) is 5.36. The van der Waals surface area contributed by atoms with Crippen molar-refractivity contribution in [2.45, 2.75) is 44.6 Å². The van der Waals surface area contributed by atoms with Crippen LogP contribution in [0.15, 0.2) is 29.1 Å². The Labute approximate surface area is 155 Å². The van der Waals surface area contributed by atoms with E-state index in [1.807, 2.05) is 31.3 Å². The van der Waals surface area contributed by atoms with Gasteiger partial charge in [-0.3, -0.25) is 14.3 Å². The summed E-state index contributed by atoms with van der Waals surface area (Å²) in [5, 5.41) is 0.716. The first-order valence-corrected chi connectivity index (χ1v) is 10.2. The Hall–Kier alpha value is -1.72. The van der Waals surface area contributed by atoms with E-state index < -0.39 is 0 Å². The lowest BCUT2D eigenvalue weighted by molar-refractivity contribution is 0.191. The lowest BCUT2D eigenvalue weighted by atomic mass is 10.1. The van der Waals surface area contributed by atoms with Crippen molar-refractivity contribution in [3.05, 3.63) is 40.4 Å². The van der Waals surface area contributed by atoms with Crippen LogP contribution in [0, 0.1) is 0 Å². The van der Waals surface area contributed by atoms with Gasteiger partial charge in [0, 0.05) is 20.1 Å². The molecule has 0 bridgehead atoms. The first kappa shape index (κ1) is 17.7. The van der Waals surface area contributed by atoms with E-state index in [1.54, 1.807) is 4.57 Å². The molecule has 0 radical (unpaired) electrons. The molecular formula is C21H30N4O. The molecule has 1 unspecified atom stereocenters. The van der Waals surface area contributed by atoms with E-state index in [1.165, 1.54) is 45.2 Å². The predicted molar refractivity (Wildman–Crippen MR) is 105 cm³/mol. The summed E-state index contributed by atoms with van der Waals surface area (Å²) in [6, 6.07) is 7.97. The minimum absolute atomic E-state index is 0.0740. The van der Waals surface area contributed by atoms with Crippen molar-refractivity contribution >= 4 is 10.9 Å². The van der Waals surface area contributed by atoms with Crippen molar-refractivity contribution in [3.63, 3.8) is 0 Å². The molecule has 5 heteroatoms. The molecule has 0 saturated carbocycles. The Morgan fingerprint density at radius 1 is 1.00 bits per heavy atom. The van der Waals surface area contributed by atoms with Gasteiger partial charge in [-0.15, -0.1) is 0 Å². The standard InChI is InChI=1S/C21H30N4O/c1-23-20(22-18-10-5-4-9-17(18)21(23)26)19-11-8-14-25(19)16-15-24-12-6-2-3-7-13-24/h4-5,9-10,19H,2-3,6-8,11-16H2,1H3. The van der Waals surface area contributed by atoms with E-state index in [-0.39, 0.29) is 11.6 Å². The number of benzene rings is 1. The number of hydrogen-bond donors (Lipinski definition) is 0. The van der Waals surface area contributed by atoms with Gasteiger partial charge in [-0.1, -0.05) is 25.0 Å². The topological polar surface area (TPSA) is 41.4 Å². The van der Waals surface area contributed by atoms with Crippen LogP contribution in [0.25, 0.3) is 10.9 Å². The molecule has 5 nitrogen and oxygen atoms in total. The summed E-state index contributed by atoms with van der Waals surface area (Å²) in [5.74, 6) is 0.932. The third-order valence-corrected chi connectivity index (χ3v) is 6.08. The van der Waals surface area contributed by atoms with Crippen LogP contribution in [-0.2, 0) is 7.05 Å². The second kappa shape index (κ2) is 7.89. The molecule has 4 rings (SSSR count). The molecule has 140 valence electrons. The van der Waals surface area contributed by atoms with Crippen LogP contribution in [0.1, 0.15) is 50.4 Å². The maximum Gasteiger partial charge on any atom is 0.261 e. The molecule has 3 heterocycles. The Bertz CT molecular complexity index is 807. The van der Waals surface area contributed by atoms with Crippen molar-refractivity contribution < 1.29 is 0 Å². The molecule has 2 saturated heterocycles. The normalized spacial score (nSPS) is 22.7. The summed E-state index contributed by atoms with van der Waals surface area (Å²) in [6.07, 6.45) is 7.72. The molecule has 2 aliphatic rings. The fourth-order valence-electron chi connectivity index (χ4n) is 4.55. The number of para-hydroxylation sites is 1. The minimum Gasteiger partial charge on any atom is -0.302 e. The average molecular weight is 354 g/mol. The summed E-state index contributed by atoms with van der Waals surface area (Å²) in [5.41, 5.74) is 0.898. The lowest BCUT2D eigenvalue weighted by Gasteiger charge is -2.28. The molecule has 0 spiro atoms. The summed E-state index contributed by atoms with van der Waals surface area (Å²) in [4.78, 5) is 22.8. The number of rotatable bonds is 4. The van der Waals surface area contributed by atoms with Gasteiger partial charge in [0.1, 0.15) is 5.82 Å². The van der Waals surface area contributed by atoms with Gasteiger partial charge in [-0.05, 0) is 57.5 Å². The number of hydrogen-bond acceptors (Lipinski definition) is 4. The molecular weight excluding hydrogens is 324 g/mol. The van der Waals surface area contributed by atoms with Gasteiger partial charge in [0.25, 0.3) is 5.56 Å². The van der Waals surface area contributed by atoms with Gasteiger partial charge in [0.2, 0.25) is 0 Å². The van der Waals surface area contributed by atoms with Crippen LogP contribution in [0.2, 0.25) is 0 Å². The molecule has 0 N–H and O–H groups in total. The number of nitrogens with zero attached hydrogens (tertiary/aromatic N) is 4. The SMILES string of the molecule is Cn1c(C2CCCN2CCN2CCCCCC2)nc2ccccc2c1=O. The van der Waals surface area contributed by atoms with E-state index in [0.29, 0.717) is 5.39 Å². The van der Waals surface area contributed by atoms with E-state index in [4.69, 9.17) is 4.98 Å². The zero-order valence-electron chi connectivity index (χ0n) is 15.9. The quantitative estimate of drug-likeness (QED) is 0.846. The van der Waals surface area contributed by atoms with Crippen molar-refractivity contribution in [2.75, 3.05) is 32.7 Å². The maximum absolute atomic E-state index is 12.8. The van der Waals surface area contributed by atoms with E-state index in [0.717, 1.165) is 37.4 Å². The molecule has 2 aliphatic heterocycles. The Morgan fingerprint density at radius 2 is 1.77 bits per heavy atom. The van der Waals surface area contributed by atoms with Crippen LogP contribution in [0.3, 0.4) is 0 Å². The monoisotopic (exact) mass is 354 g/mol. The molecule has 0 aliphatic carbocycles. The largest absolute Gasteiger partial charge is 0.302 e. The highest BCUT2D eigenvalue weighted by Gasteiger charge is 2.29. The molecule has 0 amide bonds. The van der Waals surface area contributed by atoms with Crippen molar-refractivity contribution in [1.29, 1.82) is 0 Å². The van der Waals surface area contributed by atoms with Gasteiger partial charge >= 0.3 is 0 Å². The number of fused-ring (bicyclic) bond motifs is 1. The fourth-order valence-corrected chi connectivity index (χ4v) is 4.55. The van der Waals surface area contributed by atoms with E-state index in [2.05, 4.69) is 9.80 Å². The van der Waals surface area contributed by atoms with Crippen LogP contribution < -0.4 is 5.56 Å². The van der Waals surface area contributed by atoms with Gasteiger partial charge in [0.05, 0.1) is 16.9 Å². The van der Waals surface area contributed by atoms with E-state index in [9.17, 15) is 4.79 Å². The summed E-state index contributed by atoms with van der Waals surface area (Å²) in [6.45, 7) is 5.81. The smallest absolute Gasteiger partial charge is 0.261 e. The molecule has 1 aromatic heterocycles. The molecule has 2 fully saturated rings. The number of likely N-dealkylation sites (tertiary alicyclic amines) is 2. The highest BCUT2D eigenvalue weighted by Crippen LogP contribution is 2.30. The number of aromatic nitrogens is 2. The lowest BCUT2D eigenvalue weighted by Crippen LogP contribution is -2.37. The van der Waals surface area contributed by atoms with Crippen molar-refractivity contribution in [2.24, 2.45) is 7.05 Å². The molecule has 1 atom stereocenters. The Balaban J connectivity index is 1.53. The van der Waals surface area contributed by atoms with Crippen molar-refractivity contribution in [3.8, 4) is 0 Å². The fraction of sp³-hybridized carbons (Fsp3) is 0.619. The van der Waals surface area contributed by atoms with Gasteiger partial charge < -0.3 is 4.90 Å². The zero-order valence-corrected chi connectivity index (χ0v) is 15.9. The van der Waals surface area contributed by atoms with Crippen LogP contribution >= 0.6 is 0 Å². The van der Waals surface area contributed by atoms with Crippen LogP contribution in [0.5, 0.6) is 0 Å². The van der Waals surface area contributed by atoms with Gasteiger partial charge in [-0.2, -0.15) is 0 Å². The minimum atomic E-state index is 0.0740. The highest BCUT2D eigenvalue weighted by atomic mass is 16.1. The van der Waals surface area contributed by atoms with Crippen molar-refractivity contribution in [1.82, 2.24) is 19.4 Å². The third kappa shape index (κ3) is 3.55. The molecule has 1 aromatic carbocycles. The second-order valence-corrected chi connectivity index (χ2v) is 7.80. The highest BCUT2D eigenvalue weighted by molar-refractivity contribution is 5.77.